The Hall–Kier alpha value is -1.76. The number of hydroxylamine groups is 2. The van der Waals surface area contributed by atoms with Gasteiger partial charge in [-0.25, -0.2) is 9.86 Å². The van der Waals surface area contributed by atoms with E-state index in [1.807, 2.05) is 0 Å². The third-order valence-corrected chi connectivity index (χ3v) is 2.10. The maximum Gasteiger partial charge on any atom is 0.416 e. The van der Waals surface area contributed by atoms with Crippen molar-refractivity contribution in [1.29, 1.82) is 0 Å². The zero-order valence-corrected chi connectivity index (χ0v) is 10.8. The van der Waals surface area contributed by atoms with Gasteiger partial charge in [0.25, 0.3) is 0 Å². The summed E-state index contributed by atoms with van der Waals surface area (Å²) in [6.07, 6.45) is -4.65. The summed E-state index contributed by atoms with van der Waals surface area (Å²) in [6, 6.07) is 3.75. The van der Waals surface area contributed by atoms with Gasteiger partial charge in [-0.1, -0.05) is 6.07 Å². The van der Waals surface area contributed by atoms with Gasteiger partial charge in [-0.15, -0.1) is 0 Å². The molecule has 1 rings (SSSR count). The molecule has 0 bridgehead atoms. The number of nitrogens with zero attached hydrogens (tertiary/aromatic N) is 1. The Morgan fingerprint density at radius 3 is 2.53 bits per heavy atom. The van der Waals surface area contributed by atoms with Crippen LogP contribution in [-0.4, -0.2) is 24.2 Å². The van der Waals surface area contributed by atoms with Gasteiger partial charge in [0.15, 0.2) is 0 Å². The minimum Gasteiger partial charge on any atom is -0.306 e. The lowest BCUT2D eigenvalue weighted by atomic mass is 10.2. The molecule has 0 aliphatic rings. The molecule has 0 fully saturated rings. The van der Waals surface area contributed by atoms with Gasteiger partial charge in [0.05, 0.1) is 11.7 Å². The van der Waals surface area contributed by atoms with Crippen molar-refractivity contribution in [2.24, 2.45) is 0 Å². The number of hydrogen-bond acceptors (Lipinski definition) is 2. The molecule has 0 heterocycles. The van der Waals surface area contributed by atoms with Crippen LogP contribution in [0.15, 0.2) is 24.3 Å². The highest BCUT2D eigenvalue weighted by atomic mass is 19.4. The van der Waals surface area contributed by atoms with Crippen molar-refractivity contribution in [2.75, 3.05) is 12.4 Å². The van der Waals surface area contributed by atoms with Gasteiger partial charge >= 0.3 is 12.2 Å². The Labute approximate surface area is 109 Å². The molecule has 0 aliphatic carbocycles. The van der Waals surface area contributed by atoms with Crippen LogP contribution in [0, 0.1) is 0 Å². The first kappa shape index (κ1) is 15.3. The molecule has 4 nitrogen and oxygen atoms in total. The van der Waals surface area contributed by atoms with E-state index in [0.717, 1.165) is 17.2 Å². The SMILES string of the molecule is CC(C)ON(C)C(=O)Nc1cccc(C(F)(F)F)c1. The summed E-state index contributed by atoms with van der Waals surface area (Å²) >= 11 is 0. The number of carbonyl (C=O) groups is 1. The molecule has 7 heteroatoms. The van der Waals surface area contributed by atoms with Crippen molar-refractivity contribution in [3.8, 4) is 0 Å². The molecule has 0 unspecified atom stereocenters. The van der Waals surface area contributed by atoms with E-state index in [1.165, 1.54) is 19.2 Å². The molecule has 106 valence electrons. The summed E-state index contributed by atoms with van der Waals surface area (Å²) in [5, 5.41) is 3.26. The molecule has 0 saturated heterocycles. The maximum absolute atomic E-state index is 12.5. The standard InChI is InChI=1S/C12H15F3N2O2/c1-8(2)19-17(3)11(18)16-10-6-4-5-9(7-10)12(13,14)15/h4-8H,1-3H3,(H,16,18). The van der Waals surface area contributed by atoms with Crippen molar-refractivity contribution in [1.82, 2.24) is 5.06 Å². The van der Waals surface area contributed by atoms with Crippen molar-refractivity contribution < 1.29 is 22.8 Å². The zero-order chi connectivity index (χ0) is 14.6. The van der Waals surface area contributed by atoms with E-state index in [9.17, 15) is 18.0 Å². The number of rotatable bonds is 3. The lowest BCUT2D eigenvalue weighted by Gasteiger charge is -2.20. The van der Waals surface area contributed by atoms with E-state index in [0.29, 0.717) is 0 Å². The second-order valence-corrected chi connectivity index (χ2v) is 4.16. The molecule has 0 atom stereocenters. The van der Waals surface area contributed by atoms with Crippen molar-refractivity contribution >= 4 is 11.7 Å². The van der Waals surface area contributed by atoms with E-state index >= 15 is 0 Å². The van der Waals surface area contributed by atoms with E-state index in [4.69, 9.17) is 4.84 Å². The number of halogens is 3. The lowest BCUT2D eigenvalue weighted by Crippen LogP contribution is -2.33. The van der Waals surface area contributed by atoms with E-state index < -0.39 is 17.8 Å². The van der Waals surface area contributed by atoms with Gasteiger partial charge in [-0.05, 0) is 32.0 Å². The minimum absolute atomic E-state index is 0.0547. The van der Waals surface area contributed by atoms with Crippen LogP contribution in [0.4, 0.5) is 23.7 Å². The fraction of sp³-hybridized carbons (Fsp3) is 0.417. The summed E-state index contributed by atoms with van der Waals surface area (Å²) in [4.78, 5) is 16.7. The molecule has 0 aliphatic heterocycles. The molecule has 2 amide bonds. The third kappa shape index (κ3) is 4.78. The van der Waals surface area contributed by atoms with Crippen LogP contribution >= 0.6 is 0 Å². The van der Waals surface area contributed by atoms with Gasteiger partial charge in [0.2, 0.25) is 0 Å². The molecule has 1 aromatic rings. The van der Waals surface area contributed by atoms with E-state index in [-0.39, 0.29) is 11.8 Å². The fourth-order valence-corrected chi connectivity index (χ4v) is 1.34. The molecule has 0 aromatic heterocycles. The Bertz CT molecular complexity index is 447. The Morgan fingerprint density at radius 1 is 1.37 bits per heavy atom. The van der Waals surface area contributed by atoms with Crippen LogP contribution in [0.1, 0.15) is 19.4 Å². The smallest absolute Gasteiger partial charge is 0.306 e. The van der Waals surface area contributed by atoms with Crippen LogP contribution in [-0.2, 0) is 11.0 Å². The quantitative estimate of drug-likeness (QED) is 0.858. The zero-order valence-electron chi connectivity index (χ0n) is 10.8. The largest absolute Gasteiger partial charge is 0.416 e. The molecule has 1 N–H and O–H groups in total. The second kappa shape index (κ2) is 5.92. The topological polar surface area (TPSA) is 41.6 Å². The molecule has 19 heavy (non-hydrogen) atoms. The number of amides is 2. The number of urea groups is 1. The summed E-state index contributed by atoms with van der Waals surface area (Å²) in [7, 11) is 1.38. The van der Waals surface area contributed by atoms with Gasteiger partial charge in [0.1, 0.15) is 0 Å². The van der Waals surface area contributed by atoms with Crippen molar-refractivity contribution in [3.63, 3.8) is 0 Å². The van der Waals surface area contributed by atoms with Crippen LogP contribution in [0.5, 0.6) is 0 Å². The first-order valence-corrected chi connectivity index (χ1v) is 5.59. The van der Waals surface area contributed by atoms with E-state index in [2.05, 4.69) is 5.32 Å². The highest BCUT2D eigenvalue weighted by Gasteiger charge is 2.30. The maximum atomic E-state index is 12.5. The summed E-state index contributed by atoms with van der Waals surface area (Å²) < 4.78 is 37.5. The molecule has 0 radical (unpaired) electrons. The Balaban J connectivity index is 2.75. The van der Waals surface area contributed by atoms with Crippen LogP contribution < -0.4 is 5.32 Å². The molecule has 0 saturated carbocycles. The van der Waals surface area contributed by atoms with Crippen molar-refractivity contribution in [2.45, 2.75) is 26.1 Å². The minimum atomic E-state index is -4.44. The highest BCUT2D eigenvalue weighted by molar-refractivity contribution is 5.88. The summed E-state index contributed by atoms with van der Waals surface area (Å²) in [5.74, 6) is 0. The Kier molecular flexibility index (Phi) is 4.77. The number of benzene rings is 1. The first-order valence-electron chi connectivity index (χ1n) is 5.59. The molecule has 1 aromatic carbocycles. The average molecular weight is 276 g/mol. The van der Waals surface area contributed by atoms with Crippen LogP contribution in [0.25, 0.3) is 0 Å². The summed E-state index contributed by atoms with van der Waals surface area (Å²) in [6.45, 7) is 3.46. The average Bonchev–Trinajstić information content (AvgIpc) is 2.27. The second-order valence-electron chi connectivity index (χ2n) is 4.16. The van der Waals surface area contributed by atoms with Crippen LogP contribution in [0.2, 0.25) is 0 Å². The first-order chi connectivity index (χ1) is 8.70. The number of carbonyl (C=O) groups excluding carboxylic acids is 1. The Morgan fingerprint density at radius 2 is 2.00 bits per heavy atom. The number of nitrogens with one attached hydrogen (secondary N) is 1. The number of anilines is 1. The fourth-order valence-electron chi connectivity index (χ4n) is 1.34. The highest BCUT2D eigenvalue weighted by Crippen LogP contribution is 2.30. The van der Waals surface area contributed by atoms with Crippen LogP contribution in [0.3, 0.4) is 0 Å². The number of alkyl halides is 3. The van der Waals surface area contributed by atoms with Gasteiger partial charge in [-0.3, -0.25) is 4.84 Å². The predicted molar refractivity (Wildman–Crippen MR) is 64.4 cm³/mol. The molecule has 0 spiro atoms. The van der Waals surface area contributed by atoms with Gasteiger partial charge < -0.3 is 5.32 Å². The molecular formula is C12H15F3N2O2. The normalized spacial score (nSPS) is 11.5. The number of hydrogen-bond donors (Lipinski definition) is 1. The summed E-state index contributed by atoms with van der Waals surface area (Å²) in [5.41, 5.74) is -0.767. The molecular weight excluding hydrogens is 261 g/mol. The lowest BCUT2D eigenvalue weighted by molar-refractivity contribution is -0.137. The predicted octanol–water partition coefficient (Wildman–Crippen LogP) is 3.51. The van der Waals surface area contributed by atoms with Crippen molar-refractivity contribution in [3.05, 3.63) is 29.8 Å². The third-order valence-electron chi connectivity index (χ3n) is 2.10. The monoisotopic (exact) mass is 276 g/mol. The van der Waals surface area contributed by atoms with Gasteiger partial charge in [0, 0.05) is 12.7 Å². The van der Waals surface area contributed by atoms with E-state index in [1.54, 1.807) is 13.8 Å². The van der Waals surface area contributed by atoms with Gasteiger partial charge in [-0.2, -0.15) is 13.2 Å².